The van der Waals surface area contributed by atoms with E-state index >= 15 is 0 Å². The smallest absolute Gasteiger partial charge is 0.142 e. The number of nitrogen functional groups attached to an aromatic ring is 1. The minimum atomic E-state index is 0.525. The Hall–Kier alpha value is -2.04. The lowest BCUT2D eigenvalue weighted by molar-refractivity contribution is 0.292. The van der Waals surface area contributed by atoms with E-state index in [2.05, 4.69) is 10.1 Å². The van der Waals surface area contributed by atoms with Gasteiger partial charge >= 0.3 is 0 Å². The molecule has 5 heteroatoms. The van der Waals surface area contributed by atoms with Crippen molar-refractivity contribution in [1.82, 2.24) is 14.8 Å². The largest absolute Gasteiger partial charge is 0.489 e. The van der Waals surface area contributed by atoms with Gasteiger partial charge in [0.15, 0.2) is 0 Å². The zero-order valence-electron chi connectivity index (χ0n) is 8.21. The zero-order valence-corrected chi connectivity index (χ0v) is 8.21. The third-order valence-corrected chi connectivity index (χ3v) is 1.96. The molecule has 0 radical (unpaired) electrons. The monoisotopic (exact) mass is 204 g/mol. The summed E-state index contributed by atoms with van der Waals surface area (Å²) in [6, 6.07) is 7.42. The average Bonchev–Trinajstić information content (AvgIpc) is 2.74. The summed E-state index contributed by atoms with van der Waals surface area (Å²) in [6.45, 7) is 1.19. The highest BCUT2D eigenvalue weighted by atomic mass is 16.5. The molecule has 78 valence electrons. The molecular formula is C10H12N4O. The van der Waals surface area contributed by atoms with E-state index < -0.39 is 0 Å². The summed E-state index contributed by atoms with van der Waals surface area (Å²) in [5.74, 6) is 0.706. The van der Waals surface area contributed by atoms with Crippen LogP contribution in [0.1, 0.15) is 0 Å². The summed E-state index contributed by atoms with van der Waals surface area (Å²) >= 11 is 0. The van der Waals surface area contributed by atoms with Crippen LogP contribution in [0.25, 0.3) is 0 Å². The topological polar surface area (TPSA) is 66.0 Å². The quantitative estimate of drug-likeness (QED) is 0.753. The summed E-state index contributed by atoms with van der Waals surface area (Å²) in [5.41, 5.74) is 6.37. The van der Waals surface area contributed by atoms with E-state index in [1.165, 1.54) is 6.33 Å². The summed E-state index contributed by atoms with van der Waals surface area (Å²) in [5, 5.41) is 3.96. The highest BCUT2D eigenvalue weighted by Gasteiger charge is 1.98. The molecule has 2 rings (SSSR count). The Kier molecular flexibility index (Phi) is 2.82. The standard InChI is InChI=1S/C10H12N4O/c11-9-3-1-2-4-10(9)15-6-5-14-8-12-7-13-14/h1-4,7-8H,5-6,11H2. The van der Waals surface area contributed by atoms with Crippen LogP contribution in [0.3, 0.4) is 0 Å². The second-order valence-electron chi connectivity index (χ2n) is 3.04. The van der Waals surface area contributed by atoms with Gasteiger partial charge in [0.1, 0.15) is 25.0 Å². The maximum atomic E-state index is 5.72. The number of benzene rings is 1. The van der Waals surface area contributed by atoms with Crippen LogP contribution in [0, 0.1) is 0 Å². The number of nitrogens with zero attached hydrogens (tertiary/aromatic N) is 3. The van der Waals surface area contributed by atoms with E-state index in [0.717, 1.165) is 0 Å². The number of aromatic nitrogens is 3. The lowest BCUT2D eigenvalue weighted by atomic mass is 10.3. The molecule has 1 aromatic carbocycles. The molecule has 2 aromatic rings. The molecule has 0 aliphatic carbocycles. The molecule has 0 atom stereocenters. The molecule has 15 heavy (non-hydrogen) atoms. The maximum Gasteiger partial charge on any atom is 0.142 e. The van der Waals surface area contributed by atoms with Crippen LogP contribution in [0.2, 0.25) is 0 Å². The third-order valence-electron chi connectivity index (χ3n) is 1.96. The molecule has 0 aliphatic heterocycles. The van der Waals surface area contributed by atoms with Gasteiger partial charge in [-0.25, -0.2) is 9.67 Å². The number of para-hydroxylation sites is 2. The summed E-state index contributed by atoms with van der Waals surface area (Å²) in [7, 11) is 0. The first kappa shape index (κ1) is 9.51. The predicted molar refractivity (Wildman–Crippen MR) is 56.4 cm³/mol. The van der Waals surface area contributed by atoms with E-state index in [1.807, 2.05) is 24.3 Å². The van der Waals surface area contributed by atoms with Crippen molar-refractivity contribution in [2.45, 2.75) is 6.54 Å². The molecule has 1 aromatic heterocycles. The number of ether oxygens (including phenoxy) is 1. The second-order valence-corrected chi connectivity index (χ2v) is 3.04. The molecule has 0 spiro atoms. The number of hydrogen-bond acceptors (Lipinski definition) is 4. The summed E-state index contributed by atoms with van der Waals surface area (Å²) in [6.07, 6.45) is 3.15. The Morgan fingerprint density at radius 3 is 2.93 bits per heavy atom. The van der Waals surface area contributed by atoms with Crippen molar-refractivity contribution in [1.29, 1.82) is 0 Å². The highest BCUT2D eigenvalue weighted by Crippen LogP contribution is 2.19. The fraction of sp³-hybridized carbons (Fsp3) is 0.200. The molecule has 0 unspecified atom stereocenters. The summed E-state index contributed by atoms with van der Waals surface area (Å²) < 4.78 is 7.20. The Morgan fingerprint density at radius 1 is 1.33 bits per heavy atom. The molecule has 0 amide bonds. The SMILES string of the molecule is Nc1ccccc1OCCn1cncn1. The normalized spacial score (nSPS) is 10.1. The van der Waals surface area contributed by atoms with Crippen molar-refractivity contribution in [2.24, 2.45) is 0 Å². The van der Waals surface area contributed by atoms with Gasteiger partial charge in [0.2, 0.25) is 0 Å². The van der Waals surface area contributed by atoms with Crippen LogP contribution in [-0.2, 0) is 6.54 Å². The fourth-order valence-electron chi connectivity index (χ4n) is 1.21. The molecule has 1 heterocycles. The molecule has 0 aliphatic rings. The first-order chi connectivity index (χ1) is 7.36. The van der Waals surface area contributed by atoms with Gasteiger partial charge in [-0.05, 0) is 12.1 Å². The molecule has 2 N–H and O–H groups in total. The van der Waals surface area contributed by atoms with Crippen molar-refractivity contribution in [3.05, 3.63) is 36.9 Å². The van der Waals surface area contributed by atoms with Gasteiger partial charge in [0.05, 0.1) is 12.2 Å². The predicted octanol–water partition coefficient (Wildman–Crippen LogP) is 0.939. The van der Waals surface area contributed by atoms with Crippen LogP contribution in [0.5, 0.6) is 5.75 Å². The molecule has 0 fully saturated rings. The van der Waals surface area contributed by atoms with Crippen molar-refractivity contribution < 1.29 is 4.74 Å². The molecular weight excluding hydrogens is 192 g/mol. The van der Waals surface area contributed by atoms with Gasteiger partial charge in [-0.1, -0.05) is 12.1 Å². The van der Waals surface area contributed by atoms with E-state index in [0.29, 0.717) is 24.6 Å². The Morgan fingerprint density at radius 2 is 2.20 bits per heavy atom. The van der Waals surface area contributed by atoms with Crippen LogP contribution in [0.4, 0.5) is 5.69 Å². The first-order valence-corrected chi connectivity index (χ1v) is 4.66. The van der Waals surface area contributed by atoms with E-state index in [-0.39, 0.29) is 0 Å². The zero-order chi connectivity index (χ0) is 10.5. The second kappa shape index (κ2) is 4.45. The van der Waals surface area contributed by atoms with Crippen LogP contribution < -0.4 is 10.5 Å². The first-order valence-electron chi connectivity index (χ1n) is 4.66. The van der Waals surface area contributed by atoms with Gasteiger partial charge in [-0.2, -0.15) is 5.10 Å². The Labute approximate surface area is 87.5 Å². The Balaban J connectivity index is 1.86. The van der Waals surface area contributed by atoms with Crippen LogP contribution >= 0.6 is 0 Å². The highest BCUT2D eigenvalue weighted by molar-refractivity contribution is 5.51. The number of hydrogen-bond donors (Lipinski definition) is 1. The van der Waals surface area contributed by atoms with E-state index in [4.69, 9.17) is 10.5 Å². The average molecular weight is 204 g/mol. The maximum absolute atomic E-state index is 5.72. The van der Waals surface area contributed by atoms with Gasteiger partial charge in [-0.3, -0.25) is 0 Å². The Bertz CT molecular complexity index is 413. The van der Waals surface area contributed by atoms with Gasteiger partial charge in [-0.15, -0.1) is 0 Å². The van der Waals surface area contributed by atoms with Crippen molar-refractivity contribution >= 4 is 5.69 Å². The minimum absolute atomic E-state index is 0.525. The van der Waals surface area contributed by atoms with Crippen molar-refractivity contribution in [2.75, 3.05) is 12.3 Å². The molecule has 0 saturated heterocycles. The van der Waals surface area contributed by atoms with Crippen LogP contribution in [0.15, 0.2) is 36.9 Å². The van der Waals surface area contributed by atoms with E-state index in [9.17, 15) is 0 Å². The third kappa shape index (κ3) is 2.46. The lowest BCUT2D eigenvalue weighted by Gasteiger charge is -2.07. The van der Waals surface area contributed by atoms with Gasteiger partial charge in [0.25, 0.3) is 0 Å². The van der Waals surface area contributed by atoms with Gasteiger partial charge < -0.3 is 10.5 Å². The lowest BCUT2D eigenvalue weighted by Crippen LogP contribution is -2.09. The number of nitrogens with two attached hydrogens (primary N) is 1. The van der Waals surface area contributed by atoms with Gasteiger partial charge in [0, 0.05) is 0 Å². The number of anilines is 1. The van der Waals surface area contributed by atoms with Crippen molar-refractivity contribution in [3.8, 4) is 5.75 Å². The summed E-state index contributed by atoms with van der Waals surface area (Å²) in [4.78, 5) is 3.84. The molecule has 0 bridgehead atoms. The van der Waals surface area contributed by atoms with Crippen LogP contribution in [-0.4, -0.2) is 21.4 Å². The fourth-order valence-corrected chi connectivity index (χ4v) is 1.21. The number of rotatable bonds is 4. The van der Waals surface area contributed by atoms with Crippen molar-refractivity contribution in [3.63, 3.8) is 0 Å². The molecule has 5 nitrogen and oxygen atoms in total. The molecule has 0 saturated carbocycles. The van der Waals surface area contributed by atoms with E-state index in [1.54, 1.807) is 11.0 Å². The minimum Gasteiger partial charge on any atom is -0.489 e.